The summed E-state index contributed by atoms with van der Waals surface area (Å²) in [4.78, 5) is 191. The molecular weight excluding hydrogens is 1780 g/mol. The Balaban J connectivity index is 0.000000149. The number of ether oxygens (including phenoxy) is 6. The molecule has 6 aromatic heterocycles. The van der Waals surface area contributed by atoms with Gasteiger partial charge in [0.2, 0.25) is 23.7 Å². The maximum Gasteiger partial charge on any atom is 0.379 e. The summed E-state index contributed by atoms with van der Waals surface area (Å²) in [6.07, 6.45) is 9.21. The highest BCUT2D eigenvalue weighted by molar-refractivity contribution is 7.08. The quantitative estimate of drug-likeness (QED) is 0.0200. The summed E-state index contributed by atoms with van der Waals surface area (Å²) in [6.45, 7) is 22.7. The van der Waals surface area contributed by atoms with Crippen molar-refractivity contribution in [2.75, 3.05) is 68.2 Å². The van der Waals surface area contributed by atoms with Crippen molar-refractivity contribution in [3.63, 3.8) is 0 Å². The molecule has 6 aliphatic rings. The zero-order valence-electron chi connectivity index (χ0n) is 73.1. The lowest BCUT2D eigenvalue weighted by Crippen LogP contribution is -2.41. The predicted octanol–water partition coefficient (Wildman–Crippen LogP) is 10.2. The summed E-state index contributed by atoms with van der Waals surface area (Å²) < 4.78 is 52.6. The van der Waals surface area contributed by atoms with Crippen LogP contribution < -0.4 is 73.6 Å². The Morgan fingerprint density at radius 2 is 0.634 bits per heavy atom. The van der Waals surface area contributed by atoms with Gasteiger partial charge in [0.1, 0.15) is 50.7 Å². The number of rotatable bonds is 22. The van der Waals surface area contributed by atoms with Crippen LogP contribution in [0.5, 0.6) is 17.2 Å². The van der Waals surface area contributed by atoms with Crippen LogP contribution in [-0.2, 0) is 47.8 Å². The summed E-state index contributed by atoms with van der Waals surface area (Å²) in [7, 11) is 3.38. The van der Waals surface area contributed by atoms with Gasteiger partial charge in [-0.2, -0.15) is 0 Å². The lowest BCUT2D eigenvalue weighted by atomic mass is 9.96. The Labute approximate surface area is 773 Å². The Kier molecular flexibility index (Phi) is 27.5. The Morgan fingerprint density at radius 1 is 0.381 bits per heavy atom. The second kappa shape index (κ2) is 39.9. The molecular formula is C99H82N10O22S3. The molecule has 0 fully saturated rings. The number of aromatic nitrogens is 3. The second-order valence-electron chi connectivity index (χ2n) is 30.1. The van der Waals surface area contributed by atoms with E-state index in [0.29, 0.717) is 101 Å². The number of anilines is 3. The molecule has 18 rings (SSSR count). The largest absolute Gasteiger partial charge is 0.458 e. The molecule has 32 nitrogen and oxygen atoms in total. The third-order valence-electron chi connectivity index (χ3n) is 21.6. The highest BCUT2D eigenvalue weighted by Crippen LogP contribution is 2.41. The number of para-hydroxylation sites is 3. The summed E-state index contributed by atoms with van der Waals surface area (Å²) in [5.74, 6) is -3.91. The molecule has 678 valence electrons. The molecule has 0 saturated heterocycles. The second-order valence-corrected chi connectivity index (χ2v) is 33.0. The molecule has 0 aliphatic carbocycles. The minimum Gasteiger partial charge on any atom is -0.458 e. The average Bonchev–Trinajstić information content (AvgIpc) is 1.62. The number of hydrogen-bond donors (Lipinski definition) is 0. The van der Waals surface area contributed by atoms with Gasteiger partial charge in [-0.1, -0.05) is 163 Å². The normalized spacial score (nSPS) is 16.5. The molecule has 134 heavy (non-hydrogen) atoms. The van der Waals surface area contributed by atoms with Gasteiger partial charge in [-0.25, -0.2) is 43.7 Å². The average molecular weight is 1860 g/mol. The van der Waals surface area contributed by atoms with Crippen LogP contribution in [0, 0.1) is 0 Å². The van der Waals surface area contributed by atoms with Gasteiger partial charge in [-0.15, -0.1) is 0 Å². The number of esters is 6. The SMILES string of the molecule is C=CCOC(=O)C1=C(C)N=c2s/c(=C3\C(=O)N(CC)c4ccccc43)c(=O)n2C1c1ccc(OC(=O)c2ccco2)cc1.C=CCOC(=O)C1=C(C)N=c2s/c(=C3\C(=O)N(CC)c4ccccc43)c(=O)n2C1c1ccc(OC(=O)c2ccco2)cc1.C=CCOC(=O)C1=C(C)N=c2s/c(=C3\C(=O)N(CC)c4ccccc43)c(=O)n2C1c1ccc(OC(=O)c2ccco2)cc1.CN(C)C=O. The summed E-state index contributed by atoms with van der Waals surface area (Å²) in [5, 5.41) is 0. The van der Waals surface area contributed by atoms with Gasteiger partial charge in [-0.05, 0) is 149 Å². The molecule has 0 saturated carbocycles. The lowest BCUT2D eigenvalue weighted by molar-refractivity contribution is -0.139. The van der Waals surface area contributed by atoms with Crippen molar-refractivity contribution in [2.45, 2.75) is 59.7 Å². The fourth-order valence-electron chi connectivity index (χ4n) is 15.7. The van der Waals surface area contributed by atoms with E-state index in [1.54, 1.807) is 141 Å². The molecule has 4 amide bonds. The van der Waals surface area contributed by atoms with Crippen LogP contribution >= 0.6 is 34.0 Å². The van der Waals surface area contributed by atoms with Crippen molar-refractivity contribution in [3.05, 3.63) is 382 Å². The first kappa shape index (κ1) is 92.3. The number of carbonyl (C=O) groups excluding carboxylic acids is 10. The first-order chi connectivity index (χ1) is 64.8. The molecule has 0 N–H and O–H groups in total. The van der Waals surface area contributed by atoms with Crippen LogP contribution in [0.15, 0.2) is 315 Å². The number of benzene rings is 6. The number of carbonyl (C=O) groups is 10. The number of nitrogens with zero attached hydrogens (tertiary/aromatic N) is 10. The summed E-state index contributed by atoms with van der Waals surface area (Å²) in [5.41, 5.74) is 6.99. The Morgan fingerprint density at radius 3 is 0.858 bits per heavy atom. The Bertz CT molecular complexity index is 6820. The van der Waals surface area contributed by atoms with E-state index in [1.165, 1.54) is 73.8 Å². The third-order valence-corrected chi connectivity index (χ3v) is 24.8. The van der Waals surface area contributed by atoms with Gasteiger partial charge in [0, 0.05) is 50.4 Å². The van der Waals surface area contributed by atoms with E-state index in [-0.39, 0.29) is 102 Å². The number of likely N-dealkylation sites (N-methyl/N-ethyl adjacent to an activating group) is 3. The van der Waals surface area contributed by atoms with Crippen LogP contribution in [0.25, 0.3) is 16.7 Å². The van der Waals surface area contributed by atoms with E-state index in [9.17, 15) is 62.3 Å². The molecule has 12 heterocycles. The van der Waals surface area contributed by atoms with Gasteiger partial charge in [0.15, 0.2) is 14.4 Å². The minimum atomic E-state index is -0.924. The first-order valence-corrected chi connectivity index (χ1v) is 44.1. The summed E-state index contributed by atoms with van der Waals surface area (Å²) >= 11 is 3.30. The lowest BCUT2D eigenvalue weighted by Gasteiger charge is -2.24. The van der Waals surface area contributed by atoms with Crippen LogP contribution in [-0.4, -0.2) is 132 Å². The molecule has 0 bridgehead atoms. The van der Waals surface area contributed by atoms with Gasteiger partial charge < -0.3 is 61.3 Å². The van der Waals surface area contributed by atoms with Crippen LogP contribution in [0.2, 0.25) is 0 Å². The van der Waals surface area contributed by atoms with Crippen molar-refractivity contribution in [2.24, 2.45) is 15.0 Å². The molecule has 12 aromatic rings. The number of thiazole rings is 3. The molecule has 3 atom stereocenters. The minimum absolute atomic E-state index is 0.0310. The molecule has 6 aliphatic heterocycles. The van der Waals surface area contributed by atoms with E-state index >= 15 is 0 Å². The zero-order valence-corrected chi connectivity index (χ0v) is 75.6. The van der Waals surface area contributed by atoms with Crippen LogP contribution in [0.1, 0.15) is 125 Å². The van der Waals surface area contributed by atoms with Gasteiger partial charge >= 0.3 is 35.8 Å². The van der Waals surface area contributed by atoms with Crippen molar-refractivity contribution < 1.29 is 89.6 Å². The van der Waals surface area contributed by atoms with Gasteiger partial charge in [0.05, 0.1) is 105 Å². The van der Waals surface area contributed by atoms with E-state index in [0.717, 1.165) is 57.5 Å². The highest BCUT2D eigenvalue weighted by Gasteiger charge is 2.42. The van der Waals surface area contributed by atoms with Crippen molar-refractivity contribution >= 4 is 128 Å². The molecule has 6 aromatic carbocycles. The monoisotopic (exact) mass is 1860 g/mol. The van der Waals surface area contributed by atoms with Crippen molar-refractivity contribution in [3.8, 4) is 17.2 Å². The number of fused-ring (bicyclic) bond motifs is 6. The molecule has 3 unspecified atom stereocenters. The maximum atomic E-state index is 14.2. The van der Waals surface area contributed by atoms with Crippen LogP contribution in [0.4, 0.5) is 17.1 Å². The smallest absolute Gasteiger partial charge is 0.379 e. The molecule has 0 spiro atoms. The number of amides is 4. The van der Waals surface area contributed by atoms with Crippen molar-refractivity contribution in [1.82, 2.24) is 18.6 Å². The Hall–Kier alpha value is -16.4. The third kappa shape index (κ3) is 17.9. The fraction of sp³-hybridized carbons (Fsp3) is 0.172. The number of furan rings is 3. The van der Waals surface area contributed by atoms with E-state index < -0.39 is 70.6 Å². The van der Waals surface area contributed by atoms with E-state index in [4.69, 9.17) is 41.7 Å². The van der Waals surface area contributed by atoms with Gasteiger partial charge in [0.25, 0.3) is 34.4 Å². The standard InChI is InChI=1S/3C32H25N3O7S.C3H7NO/c3*1-4-16-41-31(39)24-18(3)33-32-35(26(24)19-12-14-20(15-13-19)42-30(38)23-11-8-17-40-23)29(37)27(43-32)25-21-9-6-7-10-22(21)34(5-2)28(25)36;1-4(2)3-5/h3*4,6-15,17,26H,1,5,16H2,2-3H3;3H,1-2H3/b3*27-25-;. The van der Waals surface area contributed by atoms with Crippen LogP contribution in [0.3, 0.4) is 0 Å². The summed E-state index contributed by atoms with van der Waals surface area (Å²) in [6, 6.07) is 47.8. The topological polar surface area (TPSA) is 382 Å². The maximum absolute atomic E-state index is 14.2. The van der Waals surface area contributed by atoms with E-state index in [1.807, 2.05) is 93.6 Å². The molecule has 0 radical (unpaired) electrons. The number of allylic oxidation sites excluding steroid dienone is 3. The van der Waals surface area contributed by atoms with Crippen molar-refractivity contribution in [1.29, 1.82) is 0 Å². The van der Waals surface area contributed by atoms with Gasteiger partial charge in [-0.3, -0.25) is 47.3 Å². The fourth-order valence-corrected chi connectivity index (χ4v) is 19.1. The predicted molar refractivity (Wildman–Crippen MR) is 495 cm³/mol. The molecule has 35 heteroatoms. The number of hydrogen-bond acceptors (Lipinski definition) is 28. The first-order valence-electron chi connectivity index (χ1n) is 41.7. The highest BCUT2D eigenvalue weighted by atomic mass is 32.1. The van der Waals surface area contributed by atoms with E-state index in [2.05, 4.69) is 34.7 Å². The zero-order chi connectivity index (χ0) is 95.0.